The second kappa shape index (κ2) is 7.01. The summed E-state index contributed by atoms with van der Waals surface area (Å²) < 4.78 is 6.17. The number of carbonyl (C=O) groups excluding carboxylic acids is 1. The predicted octanol–water partition coefficient (Wildman–Crippen LogP) is 4.20. The Hall–Kier alpha value is -2.13. The van der Waals surface area contributed by atoms with E-state index in [1.807, 2.05) is 29.2 Å². The minimum atomic E-state index is -0.0785. The van der Waals surface area contributed by atoms with E-state index in [9.17, 15) is 4.79 Å². The molecule has 0 aromatic heterocycles. The molecule has 0 N–H and O–H groups in total. The van der Waals surface area contributed by atoms with E-state index in [1.165, 1.54) is 11.1 Å². The summed E-state index contributed by atoms with van der Waals surface area (Å²) in [6.45, 7) is 2.82. The highest BCUT2D eigenvalue weighted by Gasteiger charge is 2.48. The van der Waals surface area contributed by atoms with Gasteiger partial charge in [0, 0.05) is 12.3 Å². The van der Waals surface area contributed by atoms with Gasteiger partial charge in [-0.2, -0.15) is 0 Å². The van der Waals surface area contributed by atoms with Crippen molar-refractivity contribution in [3.05, 3.63) is 71.8 Å². The third kappa shape index (κ3) is 3.09. The van der Waals surface area contributed by atoms with Crippen LogP contribution in [0.25, 0.3) is 0 Å². The molecule has 3 heteroatoms. The molecule has 0 saturated carbocycles. The Bertz CT molecular complexity index is 715. The zero-order chi connectivity index (χ0) is 17.2. The summed E-state index contributed by atoms with van der Waals surface area (Å²) in [6.07, 6.45) is 2.53. The van der Waals surface area contributed by atoms with Crippen LogP contribution in [0.5, 0.6) is 0 Å². The third-order valence-electron chi connectivity index (χ3n) is 5.73. The number of hydrogen-bond acceptors (Lipinski definition) is 2. The predicted molar refractivity (Wildman–Crippen MR) is 97.8 cm³/mol. The summed E-state index contributed by atoms with van der Waals surface area (Å²) in [7, 11) is 0. The second-order valence-electron chi connectivity index (χ2n) is 7.18. The van der Waals surface area contributed by atoms with E-state index in [4.69, 9.17) is 4.74 Å². The average Bonchev–Trinajstić information content (AvgIpc) is 3.09. The number of piperidine rings is 1. The van der Waals surface area contributed by atoms with Crippen LogP contribution in [0.15, 0.2) is 60.7 Å². The Balaban J connectivity index is 1.57. The zero-order valence-corrected chi connectivity index (χ0v) is 14.7. The third-order valence-corrected chi connectivity index (χ3v) is 5.73. The number of amides is 1. The van der Waals surface area contributed by atoms with Crippen molar-refractivity contribution < 1.29 is 9.53 Å². The van der Waals surface area contributed by atoms with Gasteiger partial charge in [-0.25, -0.2) is 0 Å². The molecular formula is C22H25NO2. The molecule has 0 radical (unpaired) electrons. The first-order valence-electron chi connectivity index (χ1n) is 9.29. The molecule has 2 aromatic carbocycles. The number of nitrogens with zero attached hydrogens (tertiary/aromatic N) is 1. The summed E-state index contributed by atoms with van der Waals surface area (Å²) in [4.78, 5) is 15.0. The Morgan fingerprint density at radius 1 is 1.04 bits per heavy atom. The van der Waals surface area contributed by atoms with E-state index < -0.39 is 0 Å². The van der Waals surface area contributed by atoms with E-state index >= 15 is 0 Å². The van der Waals surface area contributed by atoms with Crippen molar-refractivity contribution in [1.29, 1.82) is 0 Å². The van der Waals surface area contributed by atoms with Crippen molar-refractivity contribution in [2.24, 2.45) is 11.8 Å². The van der Waals surface area contributed by atoms with Crippen LogP contribution in [0.2, 0.25) is 0 Å². The quantitative estimate of drug-likeness (QED) is 0.838. The fourth-order valence-electron chi connectivity index (χ4n) is 4.49. The molecule has 130 valence electrons. The van der Waals surface area contributed by atoms with Crippen molar-refractivity contribution in [2.75, 3.05) is 6.61 Å². The molecule has 0 spiro atoms. The van der Waals surface area contributed by atoms with Gasteiger partial charge in [0.05, 0.1) is 12.6 Å². The normalized spacial score (nSPS) is 28.8. The van der Waals surface area contributed by atoms with Crippen LogP contribution in [-0.2, 0) is 16.0 Å². The topological polar surface area (TPSA) is 29.5 Å². The number of ether oxygens (including phenoxy) is 1. The maximum atomic E-state index is 13.0. The fourth-order valence-corrected chi connectivity index (χ4v) is 4.49. The number of hydrogen-bond donors (Lipinski definition) is 0. The van der Waals surface area contributed by atoms with Crippen LogP contribution in [0.1, 0.15) is 36.9 Å². The standard InChI is InChI=1S/C22H25NO2/c1-2-19-18(13-16-9-5-3-6-10-16)14-21(24)23-20(15-25-22(19)23)17-11-7-4-8-12-17/h3-12,18-20,22H,2,13-15H2,1H3/t18-,19+,20+,22-/m1/s1. The van der Waals surface area contributed by atoms with E-state index in [0.29, 0.717) is 24.9 Å². The smallest absolute Gasteiger partial charge is 0.225 e. The van der Waals surface area contributed by atoms with Gasteiger partial charge in [0.1, 0.15) is 6.23 Å². The van der Waals surface area contributed by atoms with E-state index in [1.54, 1.807) is 0 Å². The van der Waals surface area contributed by atoms with Gasteiger partial charge >= 0.3 is 0 Å². The van der Waals surface area contributed by atoms with Gasteiger partial charge in [0.25, 0.3) is 0 Å². The zero-order valence-electron chi connectivity index (χ0n) is 14.7. The lowest BCUT2D eigenvalue weighted by molar-refractivity contribution is -0.152. The first kappa shape index (κ1) is 16.3. The van der Waals surface area contributed by atoms with Crippen LogP contribution in [0.4, 0.5) is 0 Å². The van der Waals surface area contributed by atoms with Gasteiger partial charge in [-0.1, -0.05) is 67.6 Å². The number of fused-ring (bicyclic) bond motifs is 1. The molecule has 2 aliphatic heterocycles. The highest BCUT2D eigenvalue weighted by molar-refractivity contribution is 5.78. The van der Waals surface area contributed by atoms with Crippen molar-refractivity contribution in [3.63, 3.8) is 0 Å². The van der Waals surface area contributed by atoms with E-state index in [2.05, 4.69) is 43.3 Å². The highest BCUT2D eigenvalue weighted by Crippen LogP contribution is 2.43. The van der Waals surface area contributed by atoms with Crippen LogP contribution < -0.4 is 0 Å². The SMILES string of the molecule is CC[C@H]1[C@H](Cc2ccccc2)CC(=O)N2[C@@H]1OC[C@H]2c1ccccc1. The molecule has 4 atom stereocenters. The van der Waals surface area contributed by atoms with Crippen LogP contribution in [0, 0.1) is 11.8 Å². The Labute approximate surface area is 149 Å². The second-order valence-corrected chi connectivity index (χ2v) is 7.18. The number of rotatable bonds is 4. The van der Waals surface area contributed by atoms with Crippen molar-refractivity contribution in [2.45, 2.75) is 38.5 Å². The summed E-state index contributed by atoms with van der Waals surface area (Å²) in [5.41, 5.74) is 2.49. The molecular weight excluding hydrogens is 310 g/mol. The maximum Gasteiger partial charge on any atom is 0.225 e. The summed E-state index contributed by atoms with van der Waals surface area (Å²) in [5, 5.41) is 0. The monoisotopic (exact) mass is 335 g/mol. The van der Waals surface area contributed by atoms with E-state index in [0.717, 1.165) is 12.8 Å². The van der Waals surface area contributed by atoms with Gasteiger partial charge in [-0.15, -0.1) is 0 Å². The van der Waals surface area contributed by atoms with Crippen molar-refractivity contribution in [1.82, 2.24) is 4.90 Å². The molecule has 0 aliphatic carbocycles. The highest BCUT2D eigenvalue weighted by atomic mass is 16.5. The molecule has 2 saturated heterocycles. The fraction of sp³-hybridized carbons (Fsp3) is 0.409. The first-order valence-corrected chi connectivity index (χ1v) is 9.29. The largest absolute Gasteiger partial charge is 0.355 e. The molecule has 2 aromatic rings. The molecule has 2 heterocycles. The average molecular weight is 335 g/mol. The van der Waals surface area contributed by atoms with Crippen molar-refractivity contribution in [3.8, 4) is 0 Å². The lowest BCUT2D eigenvalue weighted by atomic mass is 9.78. The van der Waals surface area contributed by atoms with Crippen LogP contribution in [0.3, 0.4) is 0 Å². The number of carbonyl (C=O) groups is 1. The molecule has 0 bridgehead atoms. The van der Waals surface area contributed by atoms with Gasteiger partial charge in [0.2, 0.25) is 5.91 Å². The lowest BCUT2D eigenvalue weighted by Gasteiger charge is -2.42. The molecule has 4 rings (SSSR count). The van der Waals surface area contributed by atoms with Gasteiger partial charge in [-0.05, 0) is 29.9 Å². The van der Waals surface area contributed by atoms with Crippen LogP contribution >= 0.6 is 0 Å². The Morgan fingerprint density at radius 2 is 1.72 bits per heavy atom. The minimum Gasteiger partial charge on any atom is -0.355 e. The molecule has 2 aliphatic rings. The molecule has 2 fully saturated rings. The summed E-state index contributed by atoms with van der Waals surface area (Å²) >= 11 is 0. The minimum absolute atomic E-state index is 0.0606. The van der Waals surface area contributed by atoms with Crippen molar-refractivity contribution >= 4 is 5.91 Å². The van der Waals surface area contributed by atoms with Gasteiger partial charge < -0.3 is 9.64 Å². The van der Waals surface area contributed by atoms with Gasteiger partial charge in [-0.3, -0.25) is 4.79 Å². The number of benzene rings is 2. The first-order chi connectivity index (χ1) is 12.3. The van der Waals surface area contributed by atoms with E-state index in [-0.39, 0.29) is 18.2 Å². The lowest BCUT2D eigenvalue weighted by Crippen LogP contribution is -2.50. The Kier molecular flexibility index (Phi) is 4.58. The maximum absolute atomic E-state index is 13.0. The summed E-state index contributed by atoms with van der Waals surface area (Å²) in [5.74, 6) is 0.990. The Morgan fingerprint density at radius 3 is 2.40 bits per heavy atom. The molecule has 1 amide bonds. The van der Waals surface area contributed by atoms with Crippen LogP contribution in [-0.4, -0.2) is 23.6 Å². The molecule has 25 heavy (non-hydrogen) atoms. The summed E-state index contributed by atoms with van der Waals surface area (Å²) in [6, 6.07) is 20.8. The molecule has 3 nitrogen and oxygen atoms in total. The van der Waals surface area contributed by atoms with Gasteiger partial charge in [0.15, 0.2) is 0 Å². The molecule has 0 unspecified atom stereocenters.